The molecule has 0 heterocycles. The maximum absolute atomic E-state index is 11.9. The minimum absolute atomic E-state index is 0.390. The third-order valence-corrected chi connectivity index (χ3v) is 6.11. The number of rotatable bonds is 10. The van der Waals surface area contributed by atoms with E-state index in [4.69, 9.17) is 19.0 Å². The molecule has 0 saturated carbocycles. The first kappa shape index (κ1) is 18.6. The summed E-state index contributed by atoms with van der Waals surface area (Å²) < 4.78 is 18.7. The van der Waals surface area contributed by atoms with E-state index in [1.807, 2.05) is 51.1 Å². The van der Waals surface area contributed by atoms with Gasteiger partial charge in [0.1, 0.15) is 0 Å². The lowest BCUT2D eigenvalue weighted by Gasteiger charge is -2.36. The second-order valence-electron chi connectivity index (χ2n) is 4.55. The SMILES string of the molecule is CCO[Si](OCC)(OCC)N(CCc1ccccc1)C(N)=O. The molecule has 0 aromatic heterocycles. The Morgan fingerprint density at radius 3 is 1.95 bits per heavy atom. The van der Waals surface area contributed by atoms with Crippen LogP contribution in [0.4, 0.5) is 4.79 Å². The number of hydrogen-bond donors (Lipinski definition) is 1. The highest BCUT2D eigenvalue weighted by molar-refractivity contribution is 6.60. The fourth-order valence-corrected chi connectivity index (χ4v) is 4.64. The van der Waals surface area contributed by atoms with Crippen molar-refractivity contribution in [2.75, 3.05) is 26.4 Å². The smallest absolute Gasteiger partial charge is 0.357 e. The van der Waals surface area contributed by atoms with Gasteiger partial charge in [-0.15, -0.1) is 0 Å². The summed E-state index contributed by atoms with van der Waals surface area (Å²) in [6, 6.07) is 9.30. The van der Waals surface area contributed by atoms with Crippen LogP contribution in [0, 0.1) is 0 Å². The summed E-state index contributed by atoms with van der Waals surface area (Å²) >= 11 is 0. The molecule has 6 nitrogen and oxygen atoms in total. The average Bonchev–Trinajstić information content (AvgIpc) is 2.49. The maximum Gasteiger partial charge on any atom is 0.637 e. The molecule has 1 rings (SSSR count). The molecular formula is C15H26N2O4Si. The molecule has 0 atom stereocenters. The molecule has 0 aliphatic carbocycles. The third kappa shape index (κ3) is 5.10. The number of primary amides is 1. The van der Waals surface area contributed by atoms with Crippen molar-refractivity contribution in [3.8, 4) is 0 Å². The van der Waals surface area contributed by atoms with Gasteiger partial charge in [0.25, 0.3) is 0 Å². The van der Waals surface area contributed by atoms with Crippen molar-refractivity contribution >= 4 is 15.0 Å². The van der Waals surface area contributed by atoms with Gasteiger partial charge in [0.15, 0.2) is 0 Å². The Morgan fingerprint density at radius 1 is 1.05 bits per heavy atom. The van der Waals surface area contributed by atoms with Crippen LogP contribution < -0.4 is 5.73 Å². The predicted molar refractivity (Wildman–Crippen MR) is 87.1 cm³/mol. The van der Waals surface area contributed by atoms with E-state index in [-0.39, 0.29) is 0 Å². The minimum Gasteiger partial charge on any atom is -0.357 e. The fourth-order valence-electron chi connectivity index (χ4n) is 2.17. The van der Waals surface area contributed by atoms with Gasteiger partial charge in [-0.1, -0.05) is 30.3 Å². The lowest BCUT2D eigenvalue weighted by molar-refractivity contribution is 0.0284. The van der Waals surface area contributed by atoms with E-state index in [2.05, 4.69) is 0 Å². The summed E-state index contributed by atoms with van der Waals surface area (Å²) in [6.45, 7) is 7.10. The number of carbonyl (C=O) groups excluding carboxylic acids is 1. The Kier molecular flexibility index (Phi) is 8.11. The van der Waals surface area contributed by atoms with Gasteiger partial charge in [-0.2, -0.15) is 0 Å². The van der Waals surface area contributed by atoms with Crippen LogP contribution in [0.15, 0.2) is 30.3 Å². The van der Waals surface area contributed by atoms with Crippen LogP contribution in [0.2, 0.25) is 0 Å². The van der Waals surface area contributed by atoms with Crippen molar-refractivity contribution in [2.45, 2.75) is 27.2 Å². The predicted octanol–water partition coefficient (Wildman–Crippen LogP) is 2.15. The first-order valence-electron chi connectivity index (χ1n) is 7.62. The van der Waals surface area contributed by atoms with Crippen molar-refractivity contribution < 1.29 is 18.1 Å². The monoisotopic (exact) mass is 326 g/mol. The first-order valence-corrected chi connectivity index (χ1v) is 9.29. The lowest BCUT2D eigenvalue weighted by Crippen LogP contribution is -2.65. The van der Waals surface area contributed by atoms with Crippen molar-refractivity contribution in [1.82, 2.24) is 4.57 Å². The second kappa shape index (κ2) is 9.57. The molecule has 2 N–H and O–H groups in total. The standard InChI is InChI=1S/C15H26N2O4Si/c1-4-19-22(20-5-2,21-6-3)17(15(16)18)13-12-14-10-8-7-9-11-14/h7-11H,4-6,12-13H2,1-3H3,(H2,16,18). The quantitative estimate of drug-likeness (QED) is 0.669. The molecule has 0 fully saturated rings. The van der Waals surface area contributed by atoms with Crippen molar-refractivity contribution in [3.05, 3.63) is 35.9 Å². The molecule has 0 radical (unpaired) electrons. The summed E-state index contributed by atoms with van der Waals surface area (Å²) in [5, 5.41) is 0. The molecule has 0 unspecified atom stereocenters. The molecule has 124 valence electrons. The highest BCUT2D eigenvalue weighted by Crippen LogP contribution is 2.17. The van der Waals surface area contributed by atoms with Crippen molar-refractivity contribution in [1.29, 1.82) is 0 Å². The topological polar surface area (TPSA) is 74.0 Å². The largest absolute Gasteiger partial charge is 0.637 e. The van der Waals surface area contributed by atoms with Crippen LogP contribution in [0.5, 0.6) is 0 Å². The number of urea groups is 1. The number of nitrogens with zero attached hydrogens (tertiary/aromatic N) is 1. The zero-order valence-electron chi connectivity index (χ0n) is 13.6. The molecule has 22 heavy (non-hydrogen) atoms. The Morgan fingerprint density at radius 2 is 1.55 bits per heavy atom. The summed E-state index contributed by atoms with van der Waals surface area (Å²) in [4.78, 5) is 11.9. The van der Waals surface area contributed by atoms with Gasteiger partial charge in [0.2, 0.25) is 0 Å². The summed E-state index contributed by atoms with van der Waals surface area (Å²) in [5.74, 6) is 0. The van der Waals surface area contributed by atoms with E-state index in [1.165, 1.54) is 4.57 Å². The van der Waals surface area contributed by atoms with E-state index < -0.39 is 15.0 Å². The number of hydrogen-bond acceptors (Lipinski definition) is 4. The zero-order chi connectivity index (χ0) is 16.4. The maximum atomic E-state index is 11.9. The average molecular weight is 326 g/mol. The van der Waals surface area contributed by atoms with Gasteiger partial charge in [0, 0.05) is 26.4 Å². The highest BCUT2D eigenvalue weighted by atomic mass is 28.4. The second-order valence-corrected chi connectivity index (χ2v) is 7.00. The first-order chi connectivity index (χ1) is 10.6. The van der Waals surface area contributed by atoms with Gasteiger partial charge < -0.3 is 19.0 Å². The molecule has 7 heteroatoms. The van der Waals surface area contributed by atoms with Crippen LogP contribution in [0.25, 0.3) is 0 Å². The number of nitrogens with two attached hydrogens (primary N) is 1. The zero-order valence-corrected chi connectivity index (χ0v) is 14.6. The number of carbonyl (C=O) groups is 1. The lowest BCUT2D eigenvalue weighted by atomic mass is 10.1. The van der Waals surface area contributed by atoms with Crippen LogP contribution >= 0.6 is 0 Å². The van der Waals surface area contributed by atoms with Gasteiger partial charge in [0.05, 0.1) is 0 Å². The number of amides is 2. The molecule has 1 aromatic carbocycles. The van der Waals surface area contributed by atoms with E-state index in [9.17, 15) is 4.79 Å². The van der Waals surface area contributed by atoms with Crippen LogP contribution in [-0.4, -0.2) is 45.9 Å². The molecule has 0 saturated heterocycles. The van der Waals surface area contributed by atoms with Crippen molar-refractivity contribution in [2.24, 2.45) is 5.73 Å². The van der Waals surface area contributed by atoms with Gasteiger partial charge in [-0.05, 0) is 32.8 Å². The number of benzene rings is 1. The molecule has 1 aromatic rings. The van der Waals surface area contributed by atoms with E-state index in [0.29, 0.717) is 32.8 Å². The Balaban J connectivity index is 2.93. The Labute approximate surface area is 133 Å². The van der Waals surface area contributed by atoms with E-state index >= 15 is 0 Å². The van der Waals surface area contributed by atoms with Gasteiger partial charge in [-0.3, -0.25) is 4.57 Å². The molecular weight excluding hydrogens is 300 g/mol. The van der Waals surface area contributed by atoms with Crippen LogP contribution in [0.3, 0.4) is 0 Å². The van der Waals surface area contributed by atoms with E-state index in [1.54, 1.807) is 0 Å². The van der Waals surface area contributed by atoms with Crippen LogP contribution in [-0.2, 0) is 19.7 Å². The molecule has 0 bridgehead atoms. The van der Waals surface area contributed by atoms with Crippen molar-refractivity contribution in [3.63, 3.8) is 0 Å². The van der Waals surface area contributed by atoms with Gasteiger partial charge >= 0.3 is 15.0 Å². The summed E-state index contributed by atoms with van der Waals surface area (Å²) in [5.41, 5.74) is 6.67. The normalized spacial score (nSPS) is 11.4. The van der Waals surface area contributed by atoms with Crippen LogP contribution in [0.1, 0.15) is 26.3 Å². The van der Waals surface area contributed by atoms with Gasteiger partial charge in [-0.25, -0.2) is 4.79 Å². The highest BCUT2D eigenvalue weighted by Gasteiger charge is 2.51. The molecule has 0 spiro atoms. The third-order valence-electron chi connectivity index (χ3n) is 3.04. The Hall–Kier alpha value is -1.41. The minimum atomic E-state index is -3.28. The van der Waals surface area contributed by atoms with E-state index in [0.717, 1.165) is 5.56 Å². The molecule has 0 aliphatic rings. The summed E-state index contributed by atoms with van der Waals surface area (Å²) in [6.07, 6.45) is 0.658. The fraction of sp³-hybridized carbons (Fsp3) is 0.533. The molecule has 2 amide bonds. The molecule has 0 aliphatic heterocycles. The summed E-state index contributed by atoms with van der Waals surface area (Å²) in [7, 11) is -3.28. The Bertz CT molecular complexity index is 427.